The van der Waals surface area contributed by atoms with Crippen LogP contribution < -0.4 is 14.8 Å². The molecule has 0 saturated heterocycles. The van der Waals surface area contributed by atoms with Crippen molar-refractivity contribution < 1.29 is 22.6 Å². The lowest BCUT2D eigenvalue weighted by Gasteiger charge is -2.27. The van der Waals surface area contributed by atoms with Crippen LogP contribution in [0.1, 0.15) is 19.4 Å². The van der Waals surface area contributed by atoms with Crippen LogP contribution in [0.25, 0.3) is 0 Å². The summed E-state index contributed by atoms with van der Waals surface area (Å²) in [6.07, 6.45) is -3.07. The highest BCUT2D eigenvalue weighted by molar-refractivity contribution is 5.49. The summed E-state index contributed by atoms with van der Waals surface area (Å²) in [5.74, 6) is 0.711. The molecule has 1 N–H and O–H groups in total. The molecule has 1 aromatic heterocycles. The van der Waals surface area contributed by atoms with E-state index in [1.807, 2.05) is 38.1 Å². The van der Waals surface area contributed by atoms with Crippen molar-refractivity contribution in [1.82, 2.24) is 9.97 Å². The number of aromatic nitrogens is 2. The van der Waals surface area contributed by atoms with Gasteiger partial charge >= 0.3 is 12.2 Å². The van der Waals surface area contributed by atoms with Crippen LogP contribution in [0.2, 0.25) is 0 Å². The number of hydrogen-bond donors (Lipinski definition) is 1. The number of alkyl halides is 3. The first-order chi connectivity index (χ1) is 11.2. The number of rotatable bonds is 6. The molecule has 0 amide bonds. The van der Waals surface area contributed by atoms with Crippen molar-refractivity contribution in [2.45, 2.75) is 25.6 Å². The quantitative estimate of drug-likeness (QED) is 0.867. The molecule has 2 rings (SSSR count). The maximum atomic E-state index is 12.5. The molecule has 0 bridgehead atoms. The van der Waals surface area contributed by atoms with E-state index in [0.717, 1.165) is 5.69 Å². The molecule has 0 spiro atoms. The van der Waals surface area contributed by atoms with Crippen molar-refractivity contribution in [1.29, 1.82) is 0 Å². The van der Waals surface area contributed by atoms with Crippen molar-refractivity contribution in [3.63, 3.8) is 0 Å². The molecule has 2 aromatic rings. The highest BCUT2D eigenvalue weighted by atomic mass is 19.4. The van der Waals surface area contributed by atoms with Crippen molar-refractivity contribution >= 4 is 5.69 Å². The van der Waals surface area contributed by atoms with Crippen LogP contribution in [0.3, 0.4) is 0 Å². The van der Waals surface area contributed by atoms with Gasteiger partial charge in [0.2, 0.25) is 0 Å². The Labute approximate surface area is 137 Å². The highest BCUT2D eigenvalue weighted by Gasteiger charge is 2.31. The van der Waals surface area contributed by atoms with Crippen molar-refractivity contribution in [2.75, 3.05) is 19.0 Å². The van der Waals surface area contributed by atoms with Gasteiger partial charge in [-0.2, -0.15) is 13.2 Å². The Morgan fingerprint density at radius 3 is 2.38 bits per heavy atom. The Morgan fingerprint density at radius 1 is 1.12 bits per heavy atom. The molecule has 1 heterocycles. The number of benzene rings is 1. The summed E-state index contributed by atoms with van der Waals surface area (Å²) in [6, 6.07) is 7.26. The van der Waals surface area contributed by atoms with Gasteiger partial charge in [0.1, 0.15) is 12.4 Å². The molecule has 0 aliphatic carbocycles. The first-order valence-corrected chi connectivity index (χ1v) is 7.14. The molecule has 0 unspecified atom stereocenters. The minimum atomic E-state index is -4.47. The Morgan fingerprint density at radius 2 is 1.79 bits per heavy atom. The van der Waals surface area contributed by atoms with Crippen LogP contribution in [0.4, 0.5) is 18.9 Å². The third-order valence-corrected chi connectivity index (χ3v) is 3.07. The molecule has 130 valence electrons. The summed E-state index contributed by atoms with van der Waals surface area (Å²) < 4.78 is 47.9. The molecule has 0 fully saturated rings. The molecule has 1 aromatic carbocycles. The van der Waals surface area contributed by atoms with E-state index in [4.69, 9.17) is 9.47 Å². The zero-order valence-electron chi connectivity index (χ0n) is 13.5. The highest BCUT2D eigenvalue weighted by Crippen LogP contribution is 2.28. The van der Waals surface area contributed by atoms with Crippen LogP contribution >= 0.6 is 0 Å². The summed E-state index contributed by atoms with van der Waals surface area (Å²) in [7, 11) is 1.58. The van der Waals surface area contributed by atoms with E-state index < -0.39 is 17.3 Å². The Hall–Kier alpha value is -2.51. The van der Waals surface area contributed by atoms with Crippen LogP contribution in [-0.2, 0) is 6.18 Å². The molecule has 8 heteroatoms. The monoisotopic (exact) mass is 341 g/mol. The minimum Gasteiger partial charge on any atom is -0.497 e. The first kappa shape index (κ1) is 17.8. The number of anilines is 1. The number of methoxy groups -OCH3 is 1. The van der Waals surface area contributed by atoms with Gasteiger partial charge in [-0.3, -0.25) is 0 Å². The van der Waals surface area contributed by atoms with E-state index >= 15 is 0 Å². The van der Waals surface area contributed by atoms with Crippen molar-refractivity contribution in [2.24, 2.45) is 0 Å². The largest absolute Gasteiger partial charge is 0.497 e. The number of nitrogens with zero attached hydrogens (tertiary/aromatic N) is 2. The van der Waals surface area contributed by atoms with Gasteiger partial charge in [0.25, 0.3) is 0 Å². The Balaban J connectivity index is 1.96. The average molecular weight is 341 g/mol. The van der Waals surface area contributed by atoms with E-state index in [1.54, 1.807) is 7.11 Å². The normalized spacial score (nSPS) is 11.9. The van der Waals surface area contributed by atoms with Crippen LogP contribution in [0.5, 0.6) is 11.8 Å². The van der Waals surface area contributed by atoms with E-state index in [0.29, 0.717) is 18.1 Å². The third-order valence-electron chi connectivity index (χ3n) is 3.07. The van der Waals surface area contributed by atoms with Gasteiger partial charge in [-0.1, -0.05) is 6.07 Å². The minimum absolute atomic E-state index is 0.108. The molecule has 0 saturated carbocycles. The molecule has 0 aliphatic heterocycles. The fourth-order valence-electron chi connectivity index (χ4n) is 1.91. The SMILES string of the molecule is COc1cccc(NC(C)(C)COc2ncc(C(F)(F)F)cn2)c1. The zero-order chi connectivity index (χ0) is 17.8. The van der Waals surface area contributed by atoms with Crippen molar-refractivity contribution in [3.05, 3.63) is 42.2 Å². The Kier molecular flexibility index (Phi) is 5.16. The molecular weight excluding hydrogens is 323 g/mol. The van der Waals surface area contributed by atoms with Gasteiger partial charge < -0.3 is 14.8 Å². The van der Waals surface area contributed by atoms with Gasteiger partial charge in [-0.05, 0) is 26.0 Å². The van der Waals surface area contributed by atoms with E-state index in [-0.39, 0.29) is 12.6 Å². The maximum absolute atomic E-state index is 12.5. The molecular formula is C16H18F3N3O2. The predicted octanol–water partition coefficient (Wildman–Crippen LogP) is 3.77. The smallest absolute Gasteiger partial charge is 0.419 e. The fraction of sp³-hybridized carbons (Fsp3) is 0.375. The number of ether oxygens (including phenoxy) is 2. The predicted molar refractivity (Wildman–Crippen MR) is 83.2 cm³/mol. The van der Waals surface area contributed by atoms with Crippen LogP contribution in [0.15, 0.2) is 36.7 Å². The summed E-state index contributed by atoms with van der Waals surface area (Å²) in [4.78, 5) is 7.16. The molecule has 5 nitrogen and oxygen atoms in total. The van der Waals surface area contributed by atoms with Crippen molar-refractivity contribution in [3.8, 4) is 11.8 Å². The van der Waals surface area contributed by atoms with E-state index in [2.05, 4.69) is 15.3 Å². The van der Waals surface area contributed by atoms with E-state index in [1.165, 1.54) is 0 Å². The molecule has 0 aliphatic rings. The lowest BCUT2D eigenvalue weighted by Crippen LogP contribution is -2.37. The molecule has 0 atom stereocenters. The topological polar surface area (TPSA) is 56.3 Å². The fourth-order valence-corrected chi connectivity index (χ4v) is 1.91. The molecule has 24 heavy (non-hydrogen) atoms. The maximum Gasteiger partial charge on any atom is 0.419 e. The lowest BCUT2D eigenvalue weighted by atomic mass is 10.1. The summed E-state index contributed by atoms with van der Waals surface area (Å²) >= 11 is 0. The summed E-state index contributed by atoms with van der Waals surface area (Å²) in [6.45, 7) is 3.93. The average Bonchev–Trinajstić information content (AvgIpc) is 2.52. The van der Waals surface area contributed by atoms with Gasteiger partial charge in [-0.25, -0.2) is 9.97 Å². The lowest BCUT2D eigenvalue weighted by molar-refractivity contribution is -0.138. The van der Waals surface area contributed by atoms with Gasteiger partial charge in [0.15, 0.2) is 0 Å². The Bertz CT molecular complexity index is 673. The number of nitrogens with one attached hydrogen (secondary N) is 1. The summed E-state index contributed by atoms with van der Waals surface area (Å²) in [5, 5.41) is 3.26. The standard InChI is InChI=1S/C16H18F3N3O2/c1-15(2,22-12-5-4-6-13(7-12)23-3)10-24-14-20-8-11(9-21-14)16(17,18)19/h4-9,22H,10H2,1-3H3. The van der Waals surface area contributed by atoms with E-state index in [9.17, 15) is 13.2 Å². The van der Waals surface area contributed by atoms with Crippen LogP contribution in [-0.4, -0.2) is 29.2 Å². The third kappa shape index (κ3) is 5.00. The zero-order valence-corrected chi connectivity index (χ0v) is 13.5. The second-order valence-corrected chi connectivity index (χ2v) is 5.78. The second kappa shape index (κ2) is 6.94. The number of hydrogen-bond acceptors (Lipinski definition) is 5. The van der Waals surface area contributed by atoms with Gasteiger partial charge in [0.05, 0.1) is 18.2 Å². The first-order valence-electron chi connectivity index (χ1n) is 7.14. The van der Waals surface area contributed by atoms with Gasteiger partial charge in [0, 0.05) is 24.1 Å². The molecule has 0 radical (unpaired) electrons. The second-order valence-electron chi connectivity index (χ2n) is 5.78. The van der Waals surface area contributed by atoms with Gasteiger partial charge in [-0.15, -0.1) is 0 Å². The number of halogens is 3. The summed E-state index contributed by atoms with van der Waals surface area (Å²) in [5.41, 5.74) is -0.585. The van der Waals surface area contributed by atoms with Crippen LogP contribution in [0, 0.1) is 0 Å².